The van der Waals surface area contributed by atoms with Crippen LogP contribution in [0.2, 0.25) is 0 Å². The molecular formula is C31H37N2+. The third-order valence-electron chi connectivity index (χ3n) is 7.26. The van der Waals surface area contributed by atoms with Gasteiger partial charge in [0.2, 0.25) is 0 Å². The Bertz CT molecular complexity index is 1150. The molecule has 0 aromatic heterocycles. The van der Waals surface area contributed by atoms with Crippen molar-refractivity contribution in [2.45, 2.75) is 41.2 Å². The minimum absolute atomic E-state index is 1.09. The summed E-state index contributed by atoms with van der Waals surface area (Å²) in [4.78, 5) is 2.36. The maximum absolute atomic E-state index is 2.40. The van der Waals surface area contributed by atoms with E-state index in [0.717, 1.165) is 11.0 Å². The topological polar surface area (TPSA) is 3.24 Å². The number of anilines is 3. The molecule has 0 radical (unpaired) electrons. The van der Waals surface area contributed by atoms with Gasteiger partial charge in [-0.15, -0.1) is 0 Å². The van der Waals surface area contributed by atoms with E-state index in [-0.39, 0.29) is 0 Å². The fraction of sp³-hybridized carbons (Fsp3) is 0.290. The fourth-order valence-electron chi connectivity index (χ4n) is 4.75. The Morgan fingerprint density at radius 2 is 1.03 bits per heavy atom. The van der Waals surface area contributed by atoms with E-state index >= 15 is 0 Å². The maximum atomic E-state index is 2.40. The van der Waals surface area contributed by atoms with E-state index in [1.54, 1.807) is 0 Å². The first-order valence-corrected chi connectivity index (χ1v) is 12.3. The standard InChI is InChI=1S/C31H37N2/c1-6-33(7-2,8-3)23-26-13-14-27-15-20-31(22-28(27)21-26)32(29-16-9-24(4)10-17-29)30-18-11-25(5)12-19-30/h9-22H,6-8,23H2,1-5H3/q+1. The van der Waals surface area contributed by atoms with E-state index in [4.69, 9.17) is 0 Å². The number of nitrogens with zero attached hydrogens (tertiary/aromatic N) is 2. The van der Waals surface area contributed by atoms with Crippen molar-refractivity contribution >= 4 is 27.8 Å². The van der Waals surface area contributed by atoms with Gasteiger partial charge in [-0.2, -0.15) is 0 Å². The molecule has 0 fully saturated rings. The van der Waals surface area contributed by atoms with Gasteiger partial charge in [0.15, 0.2) is 0 Å². The van der Waals surface area contributed by atoms with E-state index in [0.29, 0.717) is 0 Å². The molecule has 0 aliphatic rings. The van der Waals surface area contributed by atoms with Gasteiger partial charge in [-0.25, -0.2) is 0 Å². The third-order valence-corrected chi connectivity index (χ3v) is 7.26. The summed E-state index contributed by atoms with van der Waals surface area (Å²) in [6.45, 7) is 15.8. The first kappa shape index (κ1) is 23.1. The highest BCUT2D eigenvalue weighted by atomic mass is 15.3. The Hall–Kier alpha value is -3.10. The summed E-state index contributed by atoms with van der Waals surface area (Å²) in [5, 5.41) is 2.59. The second-order valence-corrected chi connectivity index (χ2v) is 9.32. The summed E-state index contributed by atoms with van der Waals surface area (Å²) in [5.74, 6) is 0. The van der Waals surface area contributed by atoms with Gasteiger partial charge in [0.25, 0.3) is 0 Å². The highest BCUT2D eigenvalue weighted by molar-refractivity contribution is 5.89. The minimum atomic E-state index is 1.09. The summed E-state index contributed by atoms with van der Waals surface area (Å²) >= 11 is 0. The van der Waals surface area contributed by atoms with Crippen LogP contribution >= 0.6 is 0 Å². The minimum Gasteiger partial charge on any atom is -0.321 e. The van der Waals surface area contributed by atoms with Gasteiger partial charge in [0.05, 0.1) is 19.6 Å². The highest BCUT2D eigenvalue weighted by Gasteiger charge is 2.21. The summed E-state index contributed by atoms with van der Waals surface area (Å²) in [7, 11) is 0. The second kappa shape index (κ2) is 9.80. The third kappa shape index (κ3) is 4.96. The van der Waals surface area contributed by atoms with E-state index in [9.17, 15) is 0 Å². The molecule has 0 aliphatic heterocycles. The molecular weight excluding hydrogens is 400 g/mol. The van der Waals surface area contributed by atoms with Crippen LogP contribution in [0, 0.1) is 13.8 Å². The normalized spacial score (nSPS) is 11.7. The molecule has 0 saturated carbocycles. The van der Waals surface area contributed by atoms with Crippen LogP contribution in [-0.2, 0) is 6.54 Å². The summed E-state index contributed by atoms with van der Waals surface area (Å²) in [6, 6.07) is 31.4. The summed E-state index contributed by atoms with van der Waals surface area (Å²) in [5.41, 5.74) is 7.51. The van der Waals surface area contributed by atoms with Crippen LogP contribution in [-0.4, -0.2) is 24.1 Å². The zero-order valence-corrected chi connectivity index (χ0v) is 20.8. The van der Waals surface area contributed by atoms with Gasteiger partial charge < -0.3 is 9.38 Å². The zero-order chi connectivity index (χ0) is 23.4. The van der Waals surface area contributed by atoms with Crippen LogP contribution < -0.4 is 4.90 Å². The Labute approximate surface area is 199 Å². The molecule has 2 nitrogen and oxygen atoms in total. The average molecular weight is 438 g/mol. The van der Waals surface area contributed by atoms with Crippen molar-refractivity contribution in [1.82, 2.24) is 0 Å². The number of hydrogen-bond acceptors (Lipinski definition) is 1. The predicted octanol–water partition coefficient (Wildman–Crippen LogP) is 8.30. The maximum Gasteiger partial charge on any atom is 0.104 e. The lowest BCUT2D eigenvalue weighted by molar-refractivity contribution is -0.936. The molecule has 0 amide bonds. The number of benzene rings is 4. The molecule has 33 heavy (non-hydrogen) atoms. The van der Waals surface area contributed by atoms with Gasteiger partial charge in [0.1, 0.15) is 6.54 Å². The quantitative estimate of drug-likeness (QED) is 0.251. The van der Waals surface area contributed by atoms with Crippen molar-refractivity contribution in [3.8, 4) is 0 Å². The molecule has 0 unspecified atom stereocenters. The fourth-order valence-corrected chi connectivity index (χ4v) is 4.75. The Kier molecular flexibility index (Phi) is 6.85. The van der Waals surface area contributed by atoms with E-state index in [1.165, 1.54) is 64.2 Å². The van der Waals surface area contributed by atoms with Crippen LogP contribution in [0.15, 0.2) is 84.9 Å². The molecule has 0 heterocycles. The Morgan fingerprint density at radius 1 is 0.545 bits per heavy atom. The number of aryl methyl sites for hydroxylation is 2. The molecule has 0 spiro atoms. The lowest BCUT2D eigenvalue weighted by atomic mass is 10.0. The largest absolute Gasteiger partial charge is 0.321 e. The molecule has 4 rings (SSSR count). The Morgan fingerprint density at radius 3 is 1.55 bits per heavy atom. The van der Waals surface area contributed by atoms with E-state index < -0.39 is 0 Å². The second-order valence-electron chi connectivity index (χ2n) is 9.32. The lowest BCUT2D eigenvalue weighted by Crippen LogP contribution is -2.46. The Balaban J connectivity index is 1.79. The van der Waals surface area contributed by atoms with Crippen LogP contribution in [0.25, 0.3) is 10.8 Å². The van der Waals surface area contributed by atoms with Gasteiger partial charge in [0, 0.05) is 22.6 Å². The zero-order valence-electron chi connectivity index (χ0n) is 20.8. The van der Waals surface area contributed by atoms with Crippen LogP contribution in [0.4, 0.5) is 17.1 Å². The molecule has 0 atom stereocenters. The smallest absolute Gasteiger partial charge is 0.104 e. The van der Waals surface area contributed by atoms with E-state index in [2.05, 4.69) is 124 Å². The van der Waals surface area contributed by atoms with Crippen LogP contribution in [0.3, 0.4) is 0 Å². The number of quaternary nitrogens is 1. The van der Waals surface area contributed by atoms with Crippen LogP contribution in [0.1, 0.15) is 37.5 Å². The van der Waals surface area contributed by atoms with Gasteiger partial charge in [-0.3, -0.25) is 0 Å². The molecule has 2 heteroatoms. The van der Waals surface area contributed by atoms with Crippen molar-refractivity contribution in [3.63, 3.8) is 0 Å². The molecule has 4 aromatic rings. The van der Waals surface area contributed by atoms with Crippen molar-refractivity contribution in [1.29, 1.82) is 0 Å². The van der Waals surface area contributed by atoms with Gasteiger partial charge in [-0.1, -0.05) is 53.6 Å². The highest BCUT2D eigenvalue weighted by Crippen LogP contribution is 2.36. The van der Waals surface area contributed by atoms with Crippen molar-refractivity contribution in [3.05, 3.63) is 102 Å². The molecule has 170 valence electrons. The van der Waals surface area contributed by atoms with Crippen molar-refractivity contribution in [2.75, 3.05) is 24.5 Å². The molecule has 0 bridgehead atoms. The van der Waals surface area contributed by atoms with E-state index in [1.807, 2.05) is 0 Å². The average Bonchev–Trinajstić information content (AvgIpc) is 2.85. The molecule has 4 aromatic carbocycles. The molecule has 0 saturated heterocycles. The lowest BCUT2D eigenvalue weighted by Gasteiger charge is -2.36. The molecule has 0 aliphatic carbocycles. The van der Waals surface area contributed by atoms with Gasteiger partial charge >= 0.3 is 0 Å². The number of fused-ring (bicyclic) bond motifs is 1. The number of hydrogen-bond donors (Lipinski definition) is 0. The molecule has 0 N–H and O–H groups in total. The first-order chi connectivity index (χ1) is 16.0. The van der Waals surface area contributed by atoms with Crippen molar-refractivity contribution < 1.29 is 4.48 Å². The summed E-state index contributed by atoms with van der Waals surface area (Å²) < 4.78 is 1.13. The van der Waals surface area contributed by atoms with Gasteiger partial charge in [-0.05, 0) is 87.9 Å². The summed E-state index contributed by atoms with van der Waals surface area (Å²) in [6.07, 6.45) is 0. The SMILES string of the molecule is CC[N+](CC)(CC)Cc1ccc2ccc(N(c3ccc(C)cc3)c3ccc(C)cc3)cc2c1. The number of rotatable bonds is 8. The van der Waals surface area contributed by atoms with Crippen molar-refractivity contribution in [2.24, 2.45) is 0 Å². The first-order valence-electron chi connectivity index (χ1n) is 12.3. The predicted molar refractivity (Wildman–Crippen MR) is 144 cm³/mol. The van der Waals surface area contributed by atoms with Crippen LogP contribution in [0.5, 0.6) is 0 Å². The monoisotopic (exact) mass is 437 g/mol.